The third-order valence-corrected chi connectivity index (χ3v) is 3.67. The van der Waals surface area contributed by atoms with Crippen molar-refractivity contribution in [2.24, 2.45) is 0 Å². The lowest BCUT2D eigenvalue weighted by Crippen LogP contribution is -2.09. The van der Waals surface area contributed by atoms with Crippen molar-refractivity contribution in [3.63, 3.8) is 0 Å². The Morgan fingerprint density at radius 2 is 1.95 bits per heavy atom. The molecule has 3 nitrogen and oxygen atoms in total. The third-order valence-electron chi connectivity index (χ3n) is 3.67. The Morgan fingerprint density at radius 3 is 2.76 bits per heavy atom. The predicted molar refractivity (Wildman–Crippen MR) is 84.5 cm³/mol. The maximum absolute atomic E-state index is 12.3. The van der Waals surface area contributed by atoms with Crippen LogP contribution in [-0.2, 0) is 6.42 Å². The number of imidazole rings is 1. The summed E-state index contributed by atoms with van der Waals surface area (Å²) < 4.78 is 1.67. The van der Waals surface area contributed by atoms with Crippen molar-refractivity contribution in [1.29, 1.82) is 0 Å². The molecule has 0 aliphatic heterocycles. The molecule has 0 spiro atoms. The molecule has 0 fully saturated rings. The highest BCUT2D eigenvalue weighted by atomic mass is 16.2. The number of rotatable bonds is 4. The number of carbonyl (C=O) groups excluding carboxylic acids is 1. The molecule has 0 saturated carbocycles. The topological polar surface area (TPSA) is 34.9 Å². The molecular weight excluding hydrogens is 260 g/mol. The van der Waals surface area contributed by atoms with Gasteiger partial charge in [0.1, 0.15) is 6.33 Å². The second kappa shape index (κ2) is 5.92. The third kappa shape index (κ3) is 3.02. The standard InChI is InChI=1S/C18H18N2O/c1-14-10-11-16-17(12-14)20(13-19-16)18(21)9-5-8-15-6-3-2-4-7-15/h2-4,6-7,10-13H,5,8-9H2,1H3. The van der Waals surface area contributed by atoms with Crippen LogP contribution in [0.15, 0.2) is 54.9 Å². The van der Waals surface area contributed by atoms with Gasteiger partial charge in [-0.15, -0.1) is 0 Å². The molecule has 0 aliphatic carbocycles. The number of carbonyl (C=O) groups is 1. The van der Waals surface area contributed by atoms with Crippen molar-refractivity contribution in [1.82, 2.24) is 9.55 Å². The number of hydrogen-bond acceptors (Lipinski definition) is 2. The van der Waals surface area contributed by atoms with E-state index in [0.29, 0.717) is 6.42 Å². The Bertz CT molecular complexity index is 759. The van der Waals surface area contributed by atoms with Crippen molar-refractivity contribution in [2.75, 3.05) is 0 Å². The van der Waals surface area contributed by atoms with Gasteiger partial charge in [0.05, 0.1) is 11.0 Å². The average molecular weight is 278 g/mol. The normalized spacial score (nSPS) is 10.9. The molecule has 1 heterocycles. The van der Waals surface area contributed by atoms with Crippen molar-refractivity contribution < 1.29 is 4.79 Å². The summed E-state index contributed by atoms with van der Waals surface area (Å²) in [6, 6.07) is 16.2. The summed E-state index contributed by atoms with van der Waals surface area (Å²) in [6.07, 6.45) is 3.95. The van der Waals surface area contributed by atoms with Crippen molar-refractivity contribution in [2.45, 2.75) is 26.2 Å². The first-order valence-electron chi connectivity index (χ1n) is 7.25. The zero-order valence-electron chi connectivity index (χ0n) is 12.1. The van der Waals surface area contributed by atoms with Gasteiger partial charge in [-0.1, -0.05) is 36.4 Å². The van der Waals surface area contributed by atoms with Crippen LogP contribution < -0.4 is 0 Å². The van der Waals surface area contributed by atoms with Crippen LogP contribution in [0.2, 0.25) is 0 Å². The first-order chi connectivity index (χ1) is 10.2. The fourth-order valence-electron chi connectivity index (χ4n) is 2.53. The second-order valence-electron chi connectivity index (χ2n) is 5.34. The molecule has 0 unspecified atom stereocenters. The number of aryl methyl sites for hydroxylation is 2. The van der Waals surface area contributed by atoms with E-state index < -0.39 is 0 Å². The van der Waals surface area contributed by atoms with Gasteiger partial charge in [-0.3, -0.25) is 9.36 Å². The second-order valence-corrected chi connectivity index (χ2v) is 5.34. The number of aromatic nitrogens is 2. The van der Waals surface area contributed by atoms with Crippen LogP contribution in [0.4, 0.5) is 0 Å². The zero-order chi connectivity index (χ0) is 14.7. The van der Waals surface area contributed by atoms with Crippen LogP contribution in [0.3, 0.4) is 0 Å². The number of benzene rings is 2. The lowest BCUT2D eigenvalue weighted by molar-refractivity contribution is 0.0905. The maximum atomic E-state index is 12.3. The van der Waals surface area contributed by atoms with Crippen LogP contribution in [0.5, 0.6) is 0 Å². The summed E-state index contributed by atoms with van der Waals surface area (Å²) in [4.78, 5) is 16.6. The molecule has 0 atom stereocenters. The molecule has 0 saturated heterocycles. The molecule has 21 heavy (non-hydrogen) atoms. The Balaban J connectivity index is 1.68. The molecule has 2 aromatic carbocycles. The molecule has 0 bridgehead atoms. The number of nitrogens with zero attached hydrogens (tertiary/aromatic N) is 2. The van der Waals surface area contributed by atoms with Gasteiger partial charge < -0.3 is 0 Å². The Kier molecular flexibility index (Phi) is 3.82. The lowest BCUT2D eigenvalue weighted by atomic mass is 10.1. The summed E-state index contributed by atoms with van der Waals surface area (Å²) in [7, 11) is 0. The summed E-state index contributed by atoms with van der Waals surface area (Å²) in [6.45, 7) is 2.02. The van der Waals surface area contributed by atoms with Crippen LogP contribution in [0.1, 0.15) is 28.8 Å². The molecule has 0 N–H and O–H groups in total. The van der Waals surface area contributed by atoms with E-state index in [1.807, 2.05) is 43.3 Å². The molecule has 3 aromatic rings. The zero-order valence-corrected chi connectivity index (χ0v) is 12.1. The smallest absolute Gasteiger partial charge is 0.232 e. The van der Waals surface area contributed by atoms with Gasteiger partial charge >= 0.3 is 0 Å². The van der Waals surface area contributed by atoms with Gasteiger partial charge in [-0.25, -0.2) is 4.98 Å². The van der Waals surface area contributed by atoms with Crippen LogP contribution in [-0.4, -0.2) is 15.5 Å². The summed E-state index contributed by atoms with van der Waals surface area (Å²) in [5.41, 5.74) is 4.19. The van der Waals surface area contributed by atoms with Gasteiger partial charge in [-0.2, -0.15) is 0 Å². The first-order valence-corrected chi connectivity index (χ1v) is 7.25. The Morgan fingerprint density at radius 1 is 1.14 bits per heavy atom. The molecule has 0 aliphatic rings. The minimum atomic E-state index is 0.110. The minimum absolute atomic E-state index is 0.110. The van der Waals surface area contributed by atoms with E-state index in [2.05, 4.69) is 17.1 Å². The highest BCUT2D eigenvalue weighted by molar-refractivity contribution is 5.90. The van der Waals surface area contributed by atoms with Crippen LogP contribution >= 0.6 is 0 Å². The van der Waals surface area contributed by atoms with E-state index in [0.717, 1.165) is 29.4 Å². The summed E-state index contributed by atoms with van der Waals surface area (Å²) >= 11 is 0. The van der Waals surface area contributed by atoms with Gasteiger partial charge in [0.25, 0.3) is 0 Å². The molecule has 0 radical (unpaired) electrons. The van der Waals surface area contributed by atoms with E-state index in [1.54, 1.807) is 10.9 Å². The van der Waals surface area contributed by atoms with E-state index >= 15 is 0 Å². The van der Waals surface area contributed by atoms with Crippen LogP contribution in [0, 0.1) is 6.92 Å². The van der Waals surface area contributed by atoms with Gasteiger partial charge in [0.15, 0.2) is 0 Å². The van der Waals surface area contributed by atoms with Crippen molar-refractivity contribution in [3.8, 4) is 0 Å². The van der Waals surface area contributed by atoms with Gasteiger partial charge in [-0.05, 0) is 43.0 Å². The van der Waals surface area contributed by atoms with E-state index in [-0.39, 0.29) is 5.91 Å². The molecule has 1 aromatic heterocycles. The number of hydrogen-bond donors (Lipinski definition) is 0. The average Bonchev–Trinajstić information content (AvgIpc) is 2.91. The summed E-state index contributed by atoms with van der Waals surface area (Å²) in [5, 5.41) is 0. The fourth-order valence-corrected chi connectivity index (χ4v) is 2.53. The Labute approximate surface area is 124 Å². The lowest BCUT2D eigenvalue weighted by Gasteiger charge is -2.04. The van der Waals surface area contributed by atoms with E-state index in [1.165, 1.54) is 5.56 Å². The first kappa shape index (κ1) is 13.6. The van der Waals surface area contributed by atoms with Crippen molar-refractivity contribution >= 4 is 16.9 Å². The highest BCUT2D eigenvalue weighted by Crippen LogP contribution is 2.16. The van der Waals surface area contributed by atoms with Gasteiger partial charge in [0, 0.05) is 6.42 Å². The van der Waals surface area contributed by atoms with Crippen LogP contribution in [0.25, 0.3) is 11.0 Å². The molecule has 0 amide bonds. The van der Waals surface area contributed by atoms with Gasteiger partial charge in [0.2, 0.25) is 5.91 Å². The molecule has 106 valence electrons. The number of fused-ring (bicyclic) bond motifs is 1. The summed E-state index contributed by atoms with van der Waals surface area (Å²) in [5.74, 6) is 0.110. The fraction of sp³-hybridized carbons (Fsp3) is 0.222. The SMILES string of the molecule is Cc1ccc2ncn(C(=O)CCCc3ccccc3)c2c1. The van der Waals surface area contributed by atoms with E-state index in [9.17, 15) is 4.79 Å². The molecule has 3 rings (SSSR count). The van der Waals surface area contributed by atoms with Crippen molar-refractivity contribution in [3.05, 3.63) is 66.0 Å². The largest absolute Gasteiger partial charge is 0.274 e. The quantitative estimate of drug-likeness (QED) is 0.722. The Hall–Kier alpha value is -2.42. The van der Waals surface area contributed by atoms with E-state index in [4.69, 9.17) is 0 Å². The predicted octanol–water partition coefficient (Wildman–Crippen LogP) is 4.01. The highest BCUT2D eigenvalue weighted by Gasteiger charge is 2.10. The molecule has 3 heteroatoms. The minimum Gasteiger partial charge on any atom is -0.274 e. The maximum Gasteiger partial charge on any atom is 0.232 e. The monoisotopic (exact) mass is 278 g/mol. The molecular formula is C18H18N2O.